The van der Waals surface area contributed by atoms with Crippen LogP contribution >= 0.6 is 11.3 Å². The van der Waals surface area contributed by atoms with Gasteiger partial charge in [-0.3, -0.25) is 0 Å². The van der Waals surface area contributed by atoms with E-state index in [1.165, 1.54) is 10.6 Å². The third-order valence-corrected chi connectivity index (χ3v) is 2.85. The summed E-state index contributed by atoms with van der Waals surface area (Å²) in [5.74, 6) is 0. The first-order valence-electron chi connectivity index (χ1n) is 9.40. The minimum absolute atomic E-state index is 0.713. The lowest BCUT2D eigenvalue weighted by Crippen LogP contribution is -2.25. The SMILES string of the molecule is CN1CCc2nc(N)sc2C1.FF.FF.FF.FF.FF.FF.FF.FF.FF.FF.FF.FF.FF.FF.FF.FF.FF.FF.FF.FF.FF.FF.FF.FF.FF.FF.FF.FF.FF.FF.FF.FF.FF.FF.FF.FF.FF.FF.FF.FF. The lowest BCUT2D eigenvalue weighted by molar-refractivity contribution is 0.108. The van der Waals surface area contributed by atoms with Crippen LogP contribution in [0.15, 0.2) is 0 Å². The lowest BCUT2D eigenvalue weighted by Gasteiger charge is -2.20. The van der Waals surface area contributed by atoms with Crippen LogP contribution in [-0.2, 0) is 13.0 Å². The average molecular weight is 1690 g/mol. The first-order chi connectivity index (χ1) is 45.3. The molecular formula is C7H11F80N3S. The van der Waals surface area contributed by atoms with Gasteiger partial charge in [0.25, 0.3) is 0 Å². The topological polar surface area (TPSA) is 42.2 Å². The van der Waals surface area contributed by atoms with Gasteiger partial charge < -0.3 is 10.6 Å². The predicted octanol–water partition coefficient (Wildman–Crippen LogP) is 34.3. The highest BCUT2D eigenvalue weighted by molar-refractivity contribution is 7.15. The fourth-order valence-corrected chi connectivity index (χ4v) is 2.30. The molecule has 2 N–H and O–H groups in total. The van der Waals surface area contributed by atoms with Gasteiger partial charge in [0.15, 0.2) is 5.13 Å². The molecule has 0 aliphatic carbocycles. The fraction of sp³-hybridized carbons (Fsp3) is 0.571. The molecule has 3 nitrogen and oxygen atoms in total. The van der Waals surface area contributed by atoms with Gasteiger partial charge in [-0.1, -0.05) is 0 Å². The van der Waals surface area contributed by atoms with E-state index in [4.69, 9.17) is 372 Å². The third kappa shape index (κ3) is 2560. The number of fused-ring (bicyclic) bond motifs is 1. The van der Waals surface area contributed by atoms with E-state index in [0.717, 1.165) is 19.5 Å². The van der Waals surface area contributed by atoms with Crippen LogP contribution in [0.1, 0.15) is 10.6 Å². The van der Waals surface area contributed by atoms with Crippen molar-refractivity contribution in [1.29, 1.82) is 0 Å². The Labute approximate surface area is 438 Å². The summed E-state index contributed by atoms with van der Waals surface area (Å²) >= 11 is 1.62. The van der Waals surface area contributed by atoms with Crippen molar-refractivity contribution in [3.8, 4) is 0 Å². The van der Waals surface area contributed by atoms with Gasteiger partial charge in [-0.05, 0) is 7.05 Å². The maximum Gasteiger partial charge on any atom is 0.180 e. The molecule has 0 saturated carbocycles. The number of thiazole rings is 1. The Hall–Kier alpha value is -6.21. The van der Waals surface area contributed by atoms with Crippen molar-refractivity contribution < 1.29 is 366 Å². The Balaban J connectivity index is -0.00000000842. The first kappa shape index (κ1) is 284. The number of nitrogens with zero attached hydrogens (tertiary/aromatic N) is 2. The molecule has 1 aliphatic rings. The Kier molecular flexibility index (Phi) is 15400. The summed E-state index contributed by atoms with van der Waals surface area (Å²) in [7, 11) is 2.12. The monoisotopic (exact) mass is 1690 g/mol. The molecule has 0 atom stereocenters. The van der Waals surface area contributed by atoms with Crippen LogP contribution in [0.4, 0.5) is 371 Å². The number of hydrogen-bond acceptors (Lipinski definition) is 4. The molecule has 0 spiro atoms. The van der Waals surface area contributed by atoms with Crippen molar-refractivity contribution >= 4 is 16.5 Å². The van der Waals surface area contributed by atoms with Gasteiger partial charge in [-0.25, -0.2) is 4.98 Å². The molecule has 1 aliphatic heterocycles. The smallest absolute Gasteiger partial charge is 0.180 e. The number of hydrogen-bond donors (Lipinski definition) is 1. The molecule has 1 aromatic heterocycles. The molecule has 2 rings (SSSR count). The number of nitrogen functional groups attached to an aromatic ring is 1. The summed E-state index contributed by atoms with van der Waals surface area (Å²) in [5, 5.41) is 0.713. The number of halogens is 80. The molecule has 0 radical (unpaired) electrons. The molecule has 84 heteroatoms. The van der Waals surface area contributed by atoms with Gasteiger partial charge in [0.2, 0.25) is 0 Å². The molecule has 1 aromatic rings. The normalized spacial score (nSPS) is 4.85. The molecule has 620 valence electrons. The Morgan fingerprint density at radius 1 is 0.220 bits per heavy atom. The van der Waals surface area contributed by atoms with Crippen LogP contribution < -0.4 is 5.73 Å². The van der Waals surface area contributed by atoms with Crippen LogP contribution in [0.25, 0.3) is 0 Å². The molecule has 0 unspecified atom stereocenters. The fourth-order valence-electron chi connectivity index (χ4n) is 1.34. The van der Waals surface area contributed by atoms with Gasteiger partial charge in [0.1, 0.15) is 0 Å². The summed E-state index contributed by atoms with van der Waals surface area (Å²) in [4.78, 5) is 7.89. The van der Waals surface area contributed by atoms with E-state index in [1.807, 2.05) is 0 Å². The molecular weight excluding hydrogens is 1680 g/mol. The van der Waals surface area contributed by atoms with Gasteiger partial charge in [-0.15, -0.1) is 11.3 Å². The maximum absolute atomic E-state index is 8.00. The van der Waals surface area contributed by atoms with E-state index in [0.29, 0.717) is 5.13 Å². The molecule has 0 aromatic carbocycles. The van der Waals surface area contributed by atoms with E-state index in [1.54, 1.807) is 11.3 Å². The standard InChI is InChI=1S/C7H11N3S.40F2/c1-10-3-2-5-6(4-10)11-7(8)9-5;40*1-2/h2-4H2,1H3,(H2,8,9);;;;;;;;;;;;;;;;;;;;;;;;;;;;;;;;;;;;;;;;. The maximum atomic E-state index is 8.00. The summed E-state index contributed by atoms with van der Waals surface area (Å²) in [6.07, 6.45) is 1.06. The minimum Gasteiger partial charge on any atom is -0.375 e. The van der Waals surface area contributed by atoms with Crippen molar-refractivity contribution in [2.45, 2.75) is 13.0 Å². The summed E-state index contributed by atoms with van der Waals surface area (Å²) in [5.41, 5.74) is 6.81. The van der Waals surface area contributed by atoms with Crippen molar-refractivity contribution in [3.05, 3.63) is 10.6 Å². The van der Waals surface area contributed by atoms with Crippen LogP contribution in [0.3, 0.4) is 0 Å². The largest absolute Gasteiger partial charge is 0.375 e. The zero-order chi connectivity index (χ0) is 87.8. The quantitative estimate of drug-likeness (QED) is 0.263. The van der Waals surface area contributed by atoms with Crippen molar-refractivity contribution in [1.82, 2.24) is 9.88 Å². The Bertz CT molecular complexity index is 317. The summed E-state index contributed by atoms with van der Waals surface area (Å²) in [6.45, 7) is 2.13. The minimum atomic E-state index is 0.713. The Morgan fingerprint density at radius 3 is 0.418 bits per heavy atom. The van der Waals surface area contributed by atoms with Crippen molar-refractivity contribution in [2.24, 2.45) is 0 Å². The first-order valence-corrected chi connectivity index (χ1v) is 10.2. The van der Waals surface area contributed by atoms with Gasteiger partial charge >= 0.3 is 0 Å². The molecule has 0 saturated heterocycles. The zero-order valence-corrected chi connectivity index (χ0v) is 37.6. The summed E-state index contributed by atoms with van der Waals surface area (Å²) in [6, 6.07) is 0. The van der Waals surface area contributed by atoms with E-state index in [2.05, 4.69) is 16.9 Å². The van der Waals surface area contributed by atoms with E-state index >= 15 is 0 Å². The van der Waals surface area contributed by atoms with Crippen LogP contribution in [0, 0.1) is 0 Å². The Morgan fingerprint density at radius 2 is 0.319 bits per heavy atom. The predicted molar refractivity (Wildman–Crippen MR) is 135 cm³/mol. The highest BCUT2D eigenvalue weighted by Gasteiger charge is 2.16. The molecule has 0 fully saturated rings. The molecule has 91 heavy (non-hydrogen) atoms. The molecule has 2 heterocycles. The number of nitrogens with two attached hydrogens (primary N) is 1. The lowest BCUT2D eigenvalue weighted by atomic mass is 10.2. The second kappa shape index (κ2) is 4930. The van der Waals surface area contributed by atoms with E-state index < -0.39 is 0 Å². The van der Waals surface area contributed by atoms with Gasteiger partial charge in [-0.2, -0.15) is 0 Å². The van der Waals surface area contributed by atoms with Crippen LogP contribution in [0.5, 0.6) is 0 Å². The van der Waals surface area contributed by atoms with Gasteiger partial charge in [0.05, 0.1) is 5.69 Å². The average Bonchev–Trinajstić information content (AvgIpc) is 4.15. The number of likely N-dealkylation sites (N-methyl/N-ethyl adjacent to an activating group) is 1. The van der Waals surface area contributed by atoms with Gasteiger partial charge in [0, 0.05) is 390 Å². The molecule has 0 amide bonds. The highest BCUT2D eigenvalue weighted by atomic mass is 32.1. The molecule has 0 bridgehead atoms. The second-order valence-electron chi connectivity index (χ2n) is 2.91. The number of rotatable bonds is 0. The number of anilines is 1. The second-order valence-corrected chi connectivity index (χ2v) is 4.02. The van der Waals surface area contributed by atoms with Crippen molar-refractivity contribution in [3.63, 3.8) is 0 Å². The number of aromatic nitrogens is 1. The van der Waals surface area contributed by atoms with Crippen molar-refractivity contribution in [2.75, 3.05) is 19.3 Å². The summed E-state index contributed by atoms with van der Waals surface area (Å²) < 4.78 is 640. The third-order valence-electron chi connectivity index (χ3n) is 1.94. The van der Waals surface area contributed by atoms with Crippen LogP contribution in [0.2, 0.25) is 0 Å². The highest BCUT2D eigenvalue weighted by Crippen LogP contribution is 2.25. The van der Waals surface area contributed by atoms with E-state index in [-0.39, 0.29) is 0 Å². The zero-order valence-electron chi connectivity index (χ0n) is 36.7. The van der Waals surface area contributed by atoms with Crippen LogP contribution in [-0.4, -0.2) is 23.5 Å². The van der Waals surface area contributed by atoms with E-state index in [9.17, 15) is 0 Å².